The maximum atomic E-state index is 13.1. The van der Waals surface area contributed by atoms with Crippen LogP contribution in [0.4, 0.5) is 13.2 Å². The van der Waals surface area contributed by atoms with Gasteiger partial charge < -0.3 is 10.1 Å². The summed E-state index contributed by atoms with van der Waals surface area (Å²) in [6.45, 7) is 0.942. The first-order valence-corrected chi connectivity index (χ1v) is 6.40. The molecule has 1 aliphatic heterocycles. The summed E-state index contributed by atoms with van der Waals surface area (Å²) in [4.78, 5) is 11.8. The molecule has 1 aromatic carbocycles. The van der Waals surface area contributed by atoms with E-state index < -0.39 is 29.5 Å². The molecule has 3 nitrogen and oxygen atoms in total. The summed E-state index contributed by atoms with van der Waals surface area (Å²) in [5.74, 6) is -1.51. The molecule has 1 aliphatic rings. The Kier molecular flexibility index (Phi) is 4.32. The van der Waals surface area contributed by atoms with E-state index in [2.05, 4.69) is 5.32 Å². The van der Waals surface area contributed by atoms with Crippen molar-refractivity contribution >= 4 is 5.97 Å². The predicted molar refractivity (Wildman–Crippen MR) is 67.2 cm³/mol. The lowest BCUT2D eigenvalue weighted by molar-refractivity contribution is -0.148. The van der Waals surface area contributed by atoms with Crippen LogP contribution in [0.15, 0.2) is 24.3 Å². The number of carbonyl (C=O) groups is 1. The fourth-order valence-electron chi connectivity index (χ4n) is 2.70. The molecule has 0 aromatic heterocycles. The summed E-state index contributed by atoms with van der Waals surface area (Å²) < 4.78 is 43.9. The van der Waals surface area contributed by atoms with Gasteiger partial charge in [0.1, 0.15) is 0 Å². The highest BCUT2D eigenvalue weighted by atomic mass is 19.4. The zero-order valence-corrected chi connectivity index (χ0v) is 11.0. The molecule has 2 rings (SSSR count). The summed E-state index contributed by atoms with van der Waals surface area (Å²) in [6, 6.07) is 5.41. The molecule has 0 aliphatic carbocycles. The molecule has 1 saturated heterocycles. The number of nitrogens with one attached hydrogen (secondary N) is 1. The second-order valence-electron chi connectivity index (χ2n) is 4.81. The number of alkyl halides is 3. The number of carbonyl (C=O) groups excluding carboxylic acids is 1. The van der Waals surface area contributed by atoms with Gasteiger partial charge >= 0.3 is 12.1 Å². The van der Waals surface area contributed by atoms with Crippen molar-refractivity contribution in [2.24, 2.45) is 5.92 Å². The lowest BCUT2D eigenvalue weighted by Gasteiger charge is -2.32. The normalized spacial score (nSPS) is 23.4. The van der Waals surface area contributed by atoms with Crippen molar-refractivity contribution in [3.63, 3.8) is 0 Å². The molecule has 0 saturated carbocycles. The largest absolute Gasteiger partial charge is 0.469 e. The maximum absolute atomic E-state index is 13.1. The van der Waals surface area contributed by atoms with E-state index in [9.17, 15) is 18.0 Å². The van der Waals surface area contributed by atoms with Crippen molar-refractivity contribution in [2.75, 3.05) is 20.2 Å². The van der Waals surface area contributed by atoms with Gasteiger partial charge in [-0.25, -0.2) is 0 Å². The minimum absolute atomic E-state index is 0.155. The van der Waals surface area contributed by atoms with E-state index in [1.54, 1.807) is 6.07 Å². The molecule has 110 valence electrons. The first kappa shape index (κ1) is 14.8. The quantitative estimate of drug-likeness (QED) is 0.850. The van der Waals surface area contributed by atoms with Crippen LogP contribution in [0.25, 0.3) is 0 Å². The minimum Gasteiger partial charge on any atom is -0.469 e. The van der Waals surface area contributed by atoms with Gasteiger partial charge in [0.25, 0.3) is 0 Å². The fourth-order valence-corrected chi connectivity index (χ4v) is 2.70. The second kappa shape index (κ2) is 5.83. The van der Waals surface area contributed by atoms with Crippen molar-refractivity contribution in [3.05, 3.63) is 35.4 Å². The summed E-state index contributed by atoms with van der Waals surface area (Å²) in [7, 11) is 1.26. The number of esters is 1. The van der Waals surface area contributed by atoms with Crippen LogP contribution in [0.5, 0.6) is 0 Å². The van der Waals surface area contributed by atoms with E-state index >= 15 is 0 Å². The number of benzene rings is 1. The molecule has 6 heteroatoms. The van der Waals surface area contributed by atoms with Gasteiger partial charge in [-0.2, -0.15) is 13.2 Å². The first-order chi connectivity index (χ1) is 9.45. The Hall–Kier alpha value is -1.56. The lowest BCUT2D eigenvalue weighted by Crippen LogP contribution is -2.40. The van der Waals surface area contributed by atoms with Crippen LogP contribution < -0.4 is 5.32 Å². The third-order valence-electron chi connectivity index (χ3n) is 3.65. The summed E-state index contributed by atoms with van der Waals surface area (Å²) in [5, 5.41) is 3.05. The number of methoxy groups -OCH3 is 1. The van der Waals surface area contributed by atoms with Gasteiger partial charge in [-0.15, -0.1) is 0 Å². The summed E-state index contributed by atoms with van der Waals surface area (Å²) in [5.41, 5.74) is -0.523. The monoisotopic (exact) mass is 287 g/mol. The van der Waals surface area contributed by atoms with Crippen molar-refractivity contribution in [3.8, 4) is 0 Å². The smallest absolute Gasteiger partial charge is 0.416 e. The third kappa shape index (κ3) is 2.95. The van der Waals surface area contributed by atoms with E-state index in [0.29, 0.717) is 19.5 Å². The van der Waals surface area contributed by atoms with E-state index in [1.807, 2.05) is 0 Å². The highest BCUT2D eigenvalue weighted by Gasteiger charge is 2.39. The molecule has 1 heterocycles. The van der Waals surface area contributed by atoms with Gasteiger partial charge in [0.05, 0.1) is 18.6 Å². The Labute approximate surface area is 115 Å². The molecule has 1 N–H and O–H groups in total. The van der Waals surface area contributed by atoms with Crippen molar-refractivity contribution in [2.45, 2.75) is 18.5 Å². The van der Waals surface area contributed by atoms with Gasteiger partial charge in [0.2, 0.25) is 0 Å². The summed E-state index contributed by atoms with van der Waals surface area (Å²) in [6.07, 6.45) is -3.95. The average Bonchev–Trinajstić information content (AvgIpc) is 2.45. The Balaban J connectivity index is 2.40. The van der Waals surface area contributed by atoms with Crippen LogP contribution >= 0.6 is 0 Å². The van der Waals surface area contributed by atoms with Crippen LogP contribution in [0, 0.1) is 5.92 Å². The van der Waals surface area contributed by atoms with Crippen molar-refractivity contribution in [1.82, 2.24) is 5.32 Å². The molecule has 0 radical (unpaired) electrons. The molecule has 20 heavy (non-hydrogen) atoms. The highest BCUT2D eigenvalue weighted by molar-refractivity contribution is 5.74. The van der Waals surface area contributed by atoms with Crippen LogP contribution in [0.1, 0.15) is 23.5 Å². The third-order valence-corrected chi connectivity index (χ3v) is 3.65. The number of halogens is 3. The molecule has 1 fully saturated rings. The van der Waals surface area contributed by atoms with Gasteiger partial charge in [-0.3, -0.25) is 4.79 Å². The molecule has 0 bridgehead atoms. The average molecular weight is 287 g/mol. The SMILES string of the molecule is COC(=O)[C@H]1CCNC[C@@H]1c1ccccc1C(F)(F)F. The number of rotatable bonds is 2. The van der Waals surface area contributed by atoms with E-state index in [1.165, 1.54) is 19.2 Å². The topological polar surface area (TPSA) is 38.3 Å². The first-order valence-electron chi connectivity index (χ1n) is 6.40. The molecule has 0 spiro atoms. The van der Waals surface area contributed by atoms with Crippen LogP contribution in [-0.4, -0.2) is 26.2 Å². The number of piperidine rings is 1. The van der Waals surface area contributed by atoms with Gasteiger partial charge in [-0.1, -0.05) is 18.2 Å². The zero-order chi connectivity index (χ0) is 14.8. The van der Waals surface area contributed by atoms with E-state index in [4.69, 9.17) is 4.74 Å². The Bertz CT molecular complexity index is 488. The Morgan fingerprint density at radius 2 is 2.05 bits per heavy atom. The number of ether oxygens (including phenoxy) is 1. The maximum Gasteiger partial charge on any atom is 0.416 e. The molecule has 0 unspecified atom stereocenters. The van der Waals surface area contributed by atoms with E-state index in [0.717, 1.165) is 6.07 Å². The second-order valence-corrected chi connectivity index (χ2v) is 4.81. The van der Waals surface area contributed by atoms with Gasteiger partial charge in [0.15, 0.2) is 0 Å². The van der Waals surface area contributed by atoms with Gasteiger partial charge in [-0.05, 0) is 24.6 Å². The Morgan fingerprint density at radius 3 is 2.70 bits per heavy atom. The van der Waals surface area contributed by atoms with Gasteiger partial charge in [0, 0.05) is 12.5 Å². The summed E-state index contributed by atoms with van der Waals surface area (Å²) >= 11 is 0. The lowest BCUT2D eigenvalue weighted by atomic mass is 9.79. The molecule has 0 amide bonds. The number of hydrogen-bond donors (Lipinski definition) is 1. The van der Waals surface area contributed by atoms with Crippen molar-refractivity contribution < 1.29 is 22.7 Å². The highest BCUT2D eigenvalue weighted by Crippen LogP contribution is 2.39. The molecule has 2 atom stereocenters. The van der Waals surface area contributed by atoms with E-state index in [-0.39, 0.29) is 5.56 Å². The Morgan fingerprint density at radius 1 is 1.35 bits per heavy atom. The standard InChI is InChI=1S/C14H16F3NO2/c1-20-13(19)10-6-7-18-8-11(10)9-4-2-3-5-12(9)14(15,16)17/h2-5,10-11,18H,6-8H2,1H3/t10-,11+/m0/s1. The van der Waals surface area contributed by atoms with Crippen LogP contribution in [0.2, 0.25) is 0 Å². The predicted octanol–water partition coefficient (Wildman–Crippen LogP) is 2.57. The van der Waals surface area contributed by atoms with Crippen molar-refractivity contribution in [1.29, 1.82) is 0 Å². The van der Waals surface area contributed by atoms with Crippen LogP contribution in [0.3, 0.4) is 0 Å². The zero-order valence-electron chi connectivity index (χ0n) is 11.0. The molecule has 1 aromatic rings. The van der Waals surface area contributed by atoms with Crippen LogP contribution in [-0.2, 0) is 15.7 Å². The number of hydrogen-bond acceptors (Lipinski definition) is 3. The minimum atomic E-state index is -4.42. The fraction of sp³-hybridized carbons (Fsp3) is 0.500. The molecular formula is C14H16F3NO2. The molecular weight excluding hydrogens is 271 g/mol.